The van der Waals surface area contributed by atoms with Crippen molar-refractivity contribution in [2.45, 2.75) is 45.4 Å². The number of nitrogens with one attached hydrogen (secondary N) is 2. The number of anilines is 3. The van der Waals surface area contributed by atoms with Crippen LogP contribution in [0.15, 0.2) is 42.5 Å². The van der Waals surface area contributed by atoms with Crippen molar-refractivity contribution < 1.29 is 9.59 Å². The van der Waals surface area contributed by atoms with Crippen LogP contribution in [0.25, 0.3) is 0 Å². The van der Waals surface area contributed by atoms with E-state index in [1.165, 1.54) is 32.1 Å². The molecule has 0 spiro atoms. The van der Waals surface area contributed by atoms with Crippen LogP contribution in [0.4, 0.5) is 21.9 Å². The number of halogens is 1. The van der Waals surface area contributed by atoms with Gasteiger partial charge in [0.25, 0.3) is 0 Å². The van der Waals surface area contributed by atoms with Crippen molar-refractivity contribution in [2.75, 3.05) is 41.7 Å². The van der Waals surface area contributed by atoms with Crippen LogP contribution >= 0.6 is 11.6 Å². The Balaban J connectivity index is 1.25. The first-order valence-electron chi connectivity index (χ1n) is 12.0. The zero-order chi connectivity index (χ0) is 23.2. The fourth-order valence-corrected chi connectivity index (χ4v) is 5.03. The quantitative estimate of drug-likeness (QED) is 0.573. The first kappa shape index (κ1) is 23.4. The van der Waals surface area contributed by atoms with Gasteiger partial charge in [-0.1, -0.05) is 43.0 Å². The van der Waals surface area contributed by atoms with E-state index in [1.54, 1.807) is 6.07 Å². The van der Waals surface area contributed by atoms with E-state index in [1.807, 2.05) is 48.2 Å². The molecule has 0 unspecified atom stereocenters. The minimum Gasteiger partial charge on any atom is -0.368 e. The molecule has 0 bridgehead atoms. The van der Waals surface area contributed by atoms with Crippen molar-refractivity contribution in [2.24, 2.45) is 5.92 Å². The van der Waals surface area contributed by atoms with Crippen molar-refractivity contribution in [1.29, 1.82) is 0 Å². The van der Waals surface area contributed by atoms with E-state index in [9.17, 15) is 9.59 Å². The number of hydrogen-bond donors (Lipinski definition) is 2. The van der Waals surface area contributed by atoms with E-state index in [-0.39, 0.29) is 11.9 Å². The Morgan fingerprint density at radius 1 is 0.939 bits per heavy atom. The number of hydrogen-bond acceptors (Lipinski definition) is 3. The molecule has 7 heteroatoms. The van der Waals surface area contributed by atoms with Gasteiger partial charge in [-0.2, -0.15) is 0 Å². The number of para-hydroxylation sites is 1. The Labute approximate surface area is 201 Å². The smallest absolute Gasteiger partial charge is 0.322 e. The van der Waals surface area contributed by atoms with E-state index in [2.05, 4.69) is 15.5 Å². The molecule has 1 aliphatic heterocycles. The van der Waals surface area contributed by atoms with Crippen molar-refractivity contribution in [3.63, 3.8) is 0 Å². The molecule has 0 aromatic heterocycles. The lowest BCUT2D eigenvalue weighted by atomic mass is 9.87. The largest absolute Gasteiger partial charge is 0.368 e. The van der Waals surface area contributed by atoms with Gasteiger partial charge in [0.1, 0.15) is 0 Å². The summed E-state index contributed by atoms with van der Waals surface area (Å²) >= 11 is 6.24. The number of urea groups is 1. The van der Waals surface area contributed by atoms with Crippen LogP contribution in [-0.2, 0) is 4.79 Å². The topological polar surface area (TPSA) is 64.7 Å². The number of carbonyl (C=O) groups is 2. The van der Waals surface area contributed by atoms with Crippen LogP contribution in [0.5, 0.6) is 0 Å². The summed E-state index contributed by atoms with van der Waals surface area (Å²) in [7, 11) is 0. The maximum Gasteiger partial charge on any atom is 0.322 e. The lowest BCUT2D eigenvalue weighted by Gasteiger charge is -2.36. The van der Waals surface area contributed by atoms with Crippen molar-refractivity contribution in [1.82, 2.24) is 4.90 Å². The molecule has 2 N–H and O–H groups in total. The first-order chi connectivity index (χ1) is 16.0. The average molecular weight is 469 g/mol. The summed E-state index contributed by atoms with van der Waals surface area (Å²) in [5.74, 6) is 0.649. The third kappa shape index (κ3) is 6.20. The Morgan fingerprint density at radius 3 is 2.30 bits per heavy atom. The number of benzene rings is 2. The Morgan fingerprint density at radius 2 is 1.64 bits per heavy atom. The molecule has 33 heavy (non-hydrogen) atoms. The van der Waals surface area contributed by atoms with E-state index < -0.39 is 0 Å². The second-order valence-corrected chi connectivity index (χ2v) is 9.55. The summed E-state index contributed by atoms with van der Waals surface area (Å²) in [6, 6.07) is 13.5. The fraction of sp³-hybridized carbons (Fsp3) is 0.462. The molecular formula is C26H33ClN4O2. The van der Waals surface area contributed by atoms with Crippen LogP contribution in [0, 0.1) is 12.8 Å². The second-order valence-electron chi connectivity index (χ2n) is 9.14. The third-order valence-corrected chi connectivity index (χ3v) is 7.05. The Bertz CT molecular complexity index is 945. The number of piperazine rings is 1. The average Bonchev–Trinajstić information content (AvgIpc) is 2.82. The van der Waals surface area contributed by atoms with E-state index >= 15 is 0 Å². The molecule has 2 aliphatic rings. The normalized spacial score (nSPS) is 17.0. The zero-order valence-corrected chi connectivity index (χ0v) is 20.0. The molecule has 3 amide bonds. The molecular weight excluding hydrogens is 436 g/mol. The molecule has 0 radical (unpaired) electrons. The highest BCUT2D eigenvalue weighted by molar-refractivity contribution is 6.33. The van der Waals surface area contributed by atoms with Gasteiger partial charge in [-0.05, 0) is 61.6 Å². The van der Waals surface area contributed by atoms with Gasteiger partial charge < -0.3 is 20.4 Å². The summed E-state index contributed by atoms with van der Waals surface area (Å²) in [6.07, 6.45) is 6.78. The maximum absolute atomic E-state index is 12.7. The lowest BCUT2D eigenvalue weighted by molar-refractivity contribution is -0.117. The summed E-state index contributed by atoms with van der Waals surface area (Å²) < 4.78 is 0. The minimum atomic E-state index is -0.123. The van der Waals surface area contributed by atoms with Crippen molar-refractivity contribution >= 4 is 40.6 Å². The molecule has 1 heterocycles. The van der Waals surface area contributed by atoms with Gasteiger partial charge >= 0.3 is 6.03 Å². The van der Waals surface area contributed by atoms with E-state index in [0.29, 0.717) is 36.1 Å². The van der Waals surface area contributed by atoms with E-state index in [4.69, 9.17) is 11.6 Å². The van der Waals surface area contributed by atoms with Gasteiger partial charge in [0, 0.05) is 44.0 Å². The van der Waals surface area contributed by atoms with Gasteiger partial charge in [0.15, 0.2) is 0 Å². The zero-order valence-electron chi connectivity index (χ0n) is 19.3. The molecule has 1 saturated carbocycles. The second kappa shape index (κ2) is 10.9. The van der Waals surface area contributed by atoms with Gasteiger partial charge in [0.2, 0.25) is 5.91 Å². The molecule has 4 rings (SSSR count). The lowest BCUT2D eigenvalue weighted by Crippen LogP contribution is -2.50. The van der Waals surface area contributed by atoms with Crippen molar-refractivity contribution in [3.05, 3.63) is 53.1 Å². The number of rotatable bonds is 5. The summed E-state index contributed by atoms with van der Waals surface area (Å²) in [5, 5.41) is 6.55. The van der Waals surface area contributed by atoms with Gasteiger partial charge in [-0.15, -0.1) is 0 Å². The predicted octanol–water partition coefficient (Wildman–Crippen LogP) is 5.91. The highest BCUT2D eigenvalue weighted by Gasteiger charge is 2.22. The number of carbonyl (C=O) groups excluding carboxylic acids is 2. The number of nitrogens with zero attached hydrogens (tertiary/aromatic N) is 2. The van der Waals surface area contributed by atoms with Gasteiger partial charge in [-0.3, -0.25) is 4.79 Å². The maximum atomic E-state index is 12.7. The SMILES string of the molecule is Cc1cccc(Cl)c1NC(=O)N1CCN(c2ccc(NC(=O)CC3CCCCC3)cc2)CC1. The summed E-state index contributed by atoms with van der Waals surface area (Å²) in [6.45, 7) is 4.70. The third-order valence-electron chi connectivity index (χ3n) is 6.74. The number of aryl methyl sites for hydroxylation is 1. The fourth-order valence-electron chi connectivity index (χ4n) is 4.77. The van der Waals surface area contributed by atoms with Crippen LogP contribution in [0.2, 0.25) is 5.02 Å². The van der Waals surface area contributed by atoms with Crippen LogP contribution in [0.1, 0.15) is 44.1 Å². The monoisotopic (exact) mass is 468 g/mol. The van der Waals surface area contributed by atoms with Crippen molar-refractivity contribution in [3.8, 4) is 0 Å². The highest BCUT2D eigenvalue weighted by Crippen LogP contribution is 2.28. The van der Waals surface area contributed by atoms with E-state index in [0.717, 1.165) is 30.0 Å². The summed E-state index contributed by atoms with van der Waals surface area (Å²) in [4.78, 5) is 29.2. The van der Waals surface area contributed by atoms with Crippen LogP contribution in [0.3, 0.4) is 0 Å². The molecule has 1 aliphatic carbocycles. The number of amides is 3. The van der Waals surface area contributed by atoms with Gasteiger partial charge in [-0.25, -0.2) is 4.79 Å². The molecule has 6 nitrogen and oxygen atoms in total. The standard InChI is InChI=1S/C26H33ClN4O2/c1-19-6-5-9-23(27)25(19)29-26(33)31-16-14-30(15-17-31)22-12-10-21(11-13-22)28-24(32)18-20-7-3-2-4-8-20/h5-6,9-13,20H,2-4,7-8,14-18H2,1H3,(H,28,32)(H,29,33). The molecule has 2 aromatic rings. The van der Waals surface area contributed by atoms with Crippen LogP contribution < -0.4 is 15.5 Å². The highest BCUT2D eigenvalue weighted by atomic mass is 35.5. The summed E-state index contributed by atoms with van der Waals surface area (Å²) in [5.41, 5.74) is 3.56. The minimum absolute atomic E-state index is 0.114. The molecule has 2 aromatic carbocycles. The Hall–Kier alpha value is -2.73. The van der Waals surface area contributed by atoms with Crippen LogP contribution in [-0.4, -0.2) is 43.0 Å². The Kier molecular flexibility index (Phi) is 7.76. The van der Waals surface area contributed by atoms with Gasteiger partial charge in [0.05, 0.1) is 10.7 Å². The first-order valence-corrected chi connectivity index (χ1v) is 12.3. The molecule has 2 fully saturated rings. The molecule has 176 valence electrons. The predicted molar refractivity (Wildman–Crippen MR) is 135 cm³/mol. The molecule has 0 atom stereocenters. The molecule has 1 saturated heterocycles.